The van der Waals surface area contributed by atoms with Crippen LogP contribution < -0.4 is 15.8 Å². The topological polar surface area (TPSA) is 98.9 Å². The van der Waals surface area contributed by atoms with Crippen molar-refractivity contribution in [2.45, 2.75) is 13.0 Å². The molecule has 190 valence electrons. The number of aromatic amines is 2. The molecule has 5 aromatic rings. The van der Waals surface area contributed by atoms with Crippen molar-refractivity contribution in [3.63, 3.8) is 0 Å². The molecule has 0 spiro atoms. The molecule has 1 aliphatic rings. The van der Waals surface area contributed by atoms with Crippen LogP contribution in [0.3, 0.4) is 0 Å². The van der Waals surface area contributed by atoms with Gasteiger partial charge in [-0.05, 0) is 43.3 Å². The fraction of sp³-hybridized carbons (Fsp3) is 0.222. The molecule has 0 unspecified atom stereocenters. The van der Waals surface area contributed by atoms with Crippen LogP contribution in [0.25, 0.3) is 33.3 Å². The summed E-state index contributed by atoms with van der Waals surface area (Å²) in [6.45, 7) is 4.98. The van der Waals surface area contributed by atoms with Crippen LogP contribution in [0, 0.1) is 5.82 Å². The summed E-state index contributed by atoms with van der Waals surface area (Å²) < 4.78 is 20.1. The highest BCUT2D eigenvalue weighted by Crippen LogP contribution is 2.34. The van der Waals surface area contributed by atoms with Gasteiger partial charge in [-0.1, -0.05) is 18.2 Å². The van der Waals surface area contributed by atoms with E-state index in [1.807, 2.05) is 43.3 Å². The van der Waals surface area contributed by atoms with E-state index in [0.717, 1.165) is 35.5 Å². The molecule has 1 atom stereocenters. The summed E-state index contributed by atoms with van der Waals surface area (Å²) >= 11 is 0. The van der Waals surface area contributed by atoms with Crippen LogP contribution in [0.15, 0.2) is 65.6 Å². The van der Waals surface area contributed by atoms with Crippen molar-refractivity contribution < 1.29 is 9.13 Å². The molecule has 10 heteroatoms. The van der Waals surface area contributed by atoms with Gasteiger partial charge in [-0.2, -0.15) is 13.5 Å². The molecule has 1 aliphatic heterocycles. The highest BCUT2D eigenvalue weighted by molar-refractivity contribution is 7.59. The molecule has 2 aromatic carbocycles. The standard InChI is InChI=1S/C27H25FN6O2.H2S/c1-16(20-7-2-3-10-29-20)30-25-18-5-4-6-19(28)24(18)33-27(35)23(25)26-31-21-9-8-17(15-22(21)32-26)34-11-13-36-14-12-34;/h2-10,15-16H,11-14H2,1H3,(H,31,32)(H2,30,33,35);1H2/t16-;/m0./s1. The minimum Gasteiger partial charge on any atom is -0.378 e. The monoisotopic (exact) mass is 518 g/mol. The fourth-order valence-electron chi connectivity index (χ4n) is 4.72. The SMILES string of the molecule is C[C@H](Nc1c(-c2nc3ccc(N4CCOCC4)cc3[nH]2)c(=O)[nH]c2c(F)cccc12)c1ccccn1.S. The van der Waals surface area contributed by atoms with Crippen molar-refractivity contribution in [1.29, 1.82) is 0 Å². The lowest BCUT2D eigenvalue weighted by atomic mass is 10.1. The number of fused-ring (bicyclic) bond motifs is 2. The lowest BCUT2D eigenvalue weighted by Crippen LogP contribution is -2.36. The van der Waals surface area contributed by atoms with E-state index < -0.39 is 11.4 Å². The Balaban J connectivity index is 0.00000280. The first-order chi connectivity index (χ1) is 17.6. The number of hydrogen-bond acceptors (Lipinski definition) is 6. The quantitative estimate of drug-likeness (QED) is 0.311. The molecule has 1 fully saturated rings. The molecule has 0 bridgehead atoms. The van der Waals surface area contributed by atoms with E-state index in [2.05, 4.69) is 25.2 Å². The fourth-order valence-corrected chi connectivity index (χ4v) is 4.72. The third-order valence-electron chi connectivity index (χ3n) is 6.57. The Bertz CT molecular complexity index is 1610. The molecule has 4 heterocycles. The molecule has 0 radical (unpaired) electrons. The van der Waals surface area contributed by atoms with E-state index in [1.165, 1.54) is 6.07 Å². The van der Waals surface area contributed by atoms with Gasteiger partial charge in [0.1, 0.15) is 17.2 Å². The minimum atomic E-state index is -0.496. The number of benzene rings is 2. The van der Waals surface area contributed by atoms with Crippen LogP contribution >= 0.6 is 13.5 Å². The Kier molecular flexibility index (Phi) is 6.86. The predicted molar refractivity (Wildman–Crippen MR) is 149 cm³/mol. The van der Waals surface area contributed by atoms with Gasteiger partial charge in [0.2, 0.25) is 0 Å². The summed E-state index contributed by atoms with van der Waals surface area (Å²) in [5, 5.41) is 3.97. The second-order valence-electron chi connectivity index (χ2n) is 8.87. The zero-order valence-electron chi connectivity index (χ0n) is 20.2. The molecular weight excluding hydrogens is 491 g/mol. The van der Waals surface area contributed by atoms with Crippen molar-refractivity contribution in [2.75, 3.05) is 36.5 Å². The number of ether oxygens (including phenoxy) is 1. The van der Waals surface area contributed by atoms with Gasteiger partial charge in [0.05, 0.1) is 47.2 Å². The van der Waals surface area contributed by atoms with Crippen molar-refractivity contribution in [3.05, 3.63) is 82.7 Å². The number of pyridine rings is 2. The Labute approximate surface area is 219 Å². The molecule has 0 saturated carbocycles. The Morgan fingerprint density at radius 2 is 1.92 bits per heavy atom. The number of nitrogens with one attached hydrogen (secondary N) is 3. The zero-order valence-corrected chi connectivity index (χ0v) is 21.2. The summed E-state index contributed by atoms with van der Waals surface area (Å²) in [5.74, 6) is -0.0864. The second-order valence-corrected chi connectivity index (χ2v) is 8.87. The number of hydrogen-bond donors (Lipinski definition) is 3. The van der Waals surface area contributed by atoms with E-state index >= 15 is 0 Å². The summed E-state index contributed by atoms with van der Waals surface area (Å²) in [5.41, 5.74) is 3.95. The number of rotatable bonds is 5. The Hall–Kier alpha value is -3.89. The van der Waals surface area contributed by atoms with Crippen LogP contribution in [0.4, 0.5) is 15.8 Å². The molecule has 1 saturated heterocycles. The van der Waals surface area contributed by atoms with Crippen LogP contribution in [0.2, 0.25) is 0 Å². The molecule has 0 aliphatic carbocycles. The number of H-pyrrole nitrogens is 2. The summed E-state index contributed by atoms with van der Waals surface area (Å²) in [6.07, 6.45) is 1.72. The molecule has 3 N–H and O–H groups in total. The summed E-state index contributed by atoms with van der Waals surface area (Å²) in [6, 6.07) is 16.2. The average Bonchev–Trinajstić information content (AvgIpc) is 3.33. The highest BCUT2D eigenvalue weighted by atomic mass is 32.1. The lowest BCUT2D eigenvalue weighted by Gasteiger charge is -2.28. The van der Waals surface area contributed by atoms with Crippen molar-refractivity contribution >= 4 is 46.8 Å². The van der Waals surface area contributed by atoms with Gasteiger partial charge in [-0.3, -0.25) is 9.78 Å². The maximum atomic E-state index is 14.7. The highest BCUT2D eigenvalue weighted by Gasteiger charge is 2.22. The van der Waals surface area contributed by atoms with Crippen LogP contribution in [-0.2, 0) is 4.74 Å². The van der Waals surface area contributed by atoms with E-state index in [0.29, 0.717) is 35.7 Å². The van der Waals surface area contributed by atoms with Gasteiger partial charge in [-0.25, -0.2) is 9.37 Å². The molecule has 6 rings (SSSR count). The lowest BCUT2D eigenvalue weighted by molar-refractivity contribution is 0.122. The van der Waals surface area contributed by atoms with Crippen molar-refractivity contribution in [2.24, 2.45) is 0 Å². The molecular formula is C27H27FN6O2S. The number of nitrogens with zero attached hydrogens (tertiary/aromatic N) is 3. The van der Waals surface area contributed by atoms with Gasteiger partial charge in [-0.15, -0.1) is 0 Å². The first-order valence-electron chi connectivity index (χ1n) is 11.9. The van der Waals surface area contributed by atoms with Crippen LogP contribution in [0.1, 0.15) is 18.7 Å². The molecule has 0 amide bonds. The zero-order chi connectivity index (χ0) is 24.6. The number of para-hydroxylation sites is 1. The summed E-state index contributed by atoms with van der Waals surface area (Å²) in [4.78, 5) is 30.8. The molecule has 3 aromatic heterocycles. The summed E-state index contributed by atoms with van der Waals surface area (Å²) in [7, 11) is 0. The first kappa shape index (κ1) is 24.8. The number of imidazole rings is 1. The largest absolute Gasteiger partial charge is 0.378 e. The second kappa shape index (κ2) is 10.2. The third kappa shape index (κ3) is 4.65. The first-order valence-corrected chi connectivity index (χ1v) is 11.9. The average molecular weight is 519 g/mol. The molecule has 8 nitrogen and oxygen atoms in total. The number of aromatic nitrogens is 4. The van der Waals surface area contributed by atoms with Crippen molar-refractivity contribution in [1.82, 2.24) is 19.9 Å². The smallest absolute Gasteiger partial charge is 0.261 e. The van der Waals surface area contributed by atoms with Gasteiger partial charge in [0.15, 0.2) is 0 Å². The van der Waals surface area contributed by atoms with E-state index in [-0.39, 0.29) is 25.1 Å². The predicted octanol–water partition coefficient (Wildman–Crippen LogP) is 4.73. The number of morpholine rings is 1. The van der Waals surface area contributed by atoms with Gasteiger partial charge in [0.25, 0.3) is 5.56 Å². The maximum absolute atomic E-state index is 14.7. The van der Waals surface area contributed by atoms with Crippen LogP contribution in [0.5, 0.6) is 0 Å². The Morgan fingerprint density at radius 1 is 1.08 bits per heavy atom. The van der Waals surface area contributed by atoms with Gasteiger partial charge >= 0.3 is 0 Å². The van der Waals surface area contributed by atoms with E-state index in [1.54, 1.807) is 18.3 Å². The maximum Gasteiger partial charge on any atom is 0.261 e. The van der Waals surface area contributed by atoms with Crippen LogP contribution in [-0.4, -0.2) is 46.2 Å². The van der Waals surface area contributed by atoms with Crippen molar-refractivity contribution in [3.8, 4) is 11.4 Å². The Morgan fingerprint density at radius 3 is 2.70 bits per heavy atom. The van der Waals surface area contributed by atoms with Gasteiger partial charge < -0.3 is 24.9 Å². The molecule has 37 heavy (non-hydrogen) atoms. The van der Waals surface area contributed by atoms with E-state index in [9.17, 15) is 9.18 Å². The normalized spacial score (nSPS) is 14.5. The number of anilines is 2. The third-order valence-corrected chi connectivity index (χ3v) is 6.57. The van der Waals surface area contributed by atoms with Gasteiger partial charge in [0, 0.05) is 30.4 Å². The number of halogens is 1. The van der Waals surface area contributed by atoms with E-state index in [4.69, 9.17) is 9.72 Å². The minimum absolute atomic E-state index is 0.